The molecule has 2 aromatic rings. The highest BCUT2D eigenvalue weighted by Gasteiger charge is 2.50. The van der Waals surface area contributed by atoms with Gasteiger partial charge in [0.2, 0.25) is 0 Å². The van der Waals surface area contributed by atoms with Gasteiger partial charge in [0.05, 0.1) is 28.0 Å². The molecule has 2 aromatic carbocycles. The van der Waals surface area contributed by atoms with Crippen LogP contribution in [0, 0.1) is 0 Å². The molecule has 1 amide bonds. The van der Waals surface area contributed by atoms with E-state index in [0.717, 1.165) is 21.3 Å². The Balaban J connectivity index is 2.05. The maximum atomic E-state index is 13.4. The number of benzene rings is 2. The van der Waals surface area contributed by atoms with E-state index >= 15 is 0 Å². The number of amides is 1. The van der Waals surface area contributed by atoms with Crippen molar-refractivity contribution in [2.45, 2.75) is 44.5 Å². The standard InChI is InChI=1S/C20H23BrN2O2S/c1-19(2,3)26(25)22-20(4)17-15(21)11-8-12-16(17)23(18(20)24)13-14-9-6-5-7-10-14/h5-12,22H,13H2,1-4H3/t20-,26-/m1/s1. The molecule has 0 spiro atoms. The SMILES string of the molecule is CC(C)(C)[S@@](=O)N[C@@]1(C)C(=O)N(Cc2ccccc2)c2cccc(Br)c21. The number of halogens is 1. The van der Waals surface area contributed by atoms with E-state index in [0.29, 0.717) is 6.54 Å². The molecule has 138 valence electrons. The smallest absolute Gasteiger partial charge is 0.252 e. The Morgan fingerprint density at radius 1 is 1.12 bits per heavy atom. The summed E-state index contributed by atoms with van der Waals surface area (Å²) in [5.74, 6) is -0.0964. The van der Waals surface area contributed by atoms with Gasteiger partial charge in [-0.1, -0.05) is 52.3 Å². The number of rotatable bonds is 4. The molecule has 4 nitrogen and oxygen atoms in total. The molecular formula is C20H23BrN2O2S. The molecule has 6 heteroatoms. The fourth-order valence-electron chi connectivity index (χ4n) is 3.08. The third kappa shape index (κ3) is 3.38. The number of carbonyl (C=O) groups excluding carboxylic acids is 1. The minimum absolute atomic E-state index is 0.0964. The zero-order valence-electron chi connectivity index (χ0n) is 15.4. The van der Waals surface area contributed by atoms with E-state index in [4.69, 9.17) is 0 Å². The van der Waals surface area contributed by atoms with E-state index in [9.17, 15) is 9.00 Å². The summed E-state index contributed by atoms with van der Waals surface area (Å²) >= 11 is 3.59. The lowest BCUT2D eigenvalue weighted by Gasteiger charge is -2.29. The molecule has 0 fully saturated rings. The summed E-state index contributed by atoms with van der Waals surface area (Å²) < 4.78 is 16.2. The van der Waals surface area contributed by atoms with Gasteiger partial charge in [0.1, 0.15) is 5.54 Å². The van der Waals surface area contributed by atoms with Gasteiger partial charge < -0.3 is 4.90 Å². The van der Waals surface area contributed by atoms with Crippen molar-refractivity contribution >= 4 is 38.5 Å². The number of anilines is 1. The van der Waals surface area contributed by atoms with Crippen LogP contribution >= 0.6 is 15.9 Å². The molecule has 0 saturated carbocycles. The molecular weight excluding hydrogens is 412 g/mol. The average Bonchev–Trinajstić information content (AvgIpc) is 2.78. The van der Waals surface area contributed by atoms with Crippen molar-refractivity contribution in [2.75, 3.05) is 4.90 Å². The van der Waals surface area contributed by atoms with Crippen molar-refractivity contribution in [1.82, 2.24) is 4.72 Å². The second-order valence-electron chi connectivity index (χ2n) is 7.62. The van der Waals surface area contributed by atoms with E-state index in [-0.39, 0.29) is 5.91 Å². The van der Waals surface area contributed by atoms with Crippen LogP contribution in [0.3, 0.4) is 0 Å². The Hall–Kier alpha value is -1.50. The zero-order valence-corrected chi connectivity index (χ0v) is 17.8. The van der Waals surface area contributed by atoms with E-state index in [2.05, 4.69) is 20.7 Å². The van der Waals surface area contributed by atoms with E-state index in [1.807, 2.05) is 76.2 Å². The van der Waals surface area contributed by atoms with Gasteiger partial charge >= 0.3 is 0 Å². The summed E-state index contributed by atoms with van der Waals surface area (Å²) in [6.45, 7) is 7.96. The molecule has 0 radical (unpaired) electrons. The summed E-state index contributed by atoms with van der Waals surface area (Å²) in [5, 5.41) is 0. The Bertz CT molecular complexity index is 864. The summed E-state index contributed by atoms with van der Waals surface area (Å²) in [7, 11) is -1.38. The quantitative estimate of drug-likeness (QED) is 0.780. The maximum absolute atomic E-state index is 13.4. The lowest BCUT2D eigenvalue weighted by Crippen LogP contribution is -2.52. The highest BCUT2D eigenvalue weighted by molar-refractivity contribution is 9.10. The predicted molar refractivity (Wildman–Crippen MR) is 110 cm³/mol. The van der Waals surface area contributed by atoms with E-state index in [1.54, 1.807) is 4.90 Å². The molecule has 26 heavy (non-hydrogen) atoms. The summed E-state index contributed by atoms with van der Waals surface area (Å²) in [6.07, 6.45) is 0. The molecule has 3 rings (SSSR count). The van der Waals surface area contributed by atoms with Crippen LogP contribution in [-0.4, -0.2) is 14.9 Å². The number of carbonyl (C=O) groups is 1. The predicted octanol–water partition coefficient (Wildman–Crippen LogP) is 4.26. The van der Waals surface area contributed by atoms with Crippen molar-refractivity contribution in [2.24, 2.45) is 0 Å². The molecule has 1 N–H and O–H groups in total. The summed E-state index contributed by atoms with van der Waals surface area (Å²) in [5.41, 5.74) is 1.67. The fraction of sp³-hybridized carbons (Fsp3) is 0.350. The molecule has 1 aliphatic rings. The number of hydrogen-bond acceptors (Lipinski definition) is 2. The number of hydrogen-bond donors (Lipinski definition) is 1. The molecule has 1 heterocycles. The van der Waals surface area contributed by atoms with Gasteiger partial charge in [0, 0.05) is 10.0 Å². The highest BCUT2D eigenvalue weighted by atomic mass is 79.9. The van der Waals surface area contributed by atoms with E-state index in [1.165, 1.54) is 0 Å². The number of nitrogens with one attached hydrogen (secondary N) is 1. The van der Waals surface area contributed by atoms with Crippen molar-refractivity contribution in [3.05, 3.63) is 64.1 Å². The first-order valence-electron chi connectivity index (χ1n) is 8.49. The van der Waals surface area contributed by atoms with Crippen LogP contribution in [0.2, 0.25) is 0 Å². The third-order valence-electron chi connectivity index (χ3n) is 4.49. The molecule has 1 aliphatic heterocycles. The normalized spacial score (nSPS) is 21.0. The van der Waals surface area contributed by atoms with Gasteiger partial charge in [-0.15, -0.1) is 0 Å². The fourth-order valence-corrected chi connectivity index (χ4v) is 4.69. The van der Waals surface area contributed by atoms with Gasteiger partial charge in [0.15, 0.2) is 0 Å². The van der Waals surface area contributed by atoms with Crippen LogP contribution in [0.25, 0.3) is 0 Å². The first-order chi connectivity index (χ1) is 12.1. The van der Waals surface area contributed by atoms with Crippen LogP contribution in [0.5, 0.6) is 0 Å². The first-order valence-corrected chi connectivity index (χ1v) is 10.4. The molecule has 2 atom stereocenters. The van der Waals surface area contributed by atoms with Crippen molar-refractivity contribution in [3.8, 4) is 0 Å². The van der Waals surface area contributed by atoms with Crippen LogP contribution < -0.4 is 9.62 Å². The monoisotopic (exact) mass is 434 g/mol. The summed E-state index contributed by atoms with van der Waals surface area (Å²) in [4.78, 5) is 15.2. The van der Waals surface area contributed by atoms with Gasteiger partial charge in [-0.25, -0.2) is 8.93 Å². The largest absolute Gasteiger partial charge is 0.306 e. The minimum Gasteiger partial charge on any atom is -0.306 e. The van der Waals surface area contributed by atoms with E-state index < -0.39 is 21.3 Å². The first kappa shape index (κ1) is 19.3. The van der Waals surface area contributed by atoms with Crippen LogP contribution in [0.15, 0.2) is 53.0 Å². The second kappa shape index (κ2) is 6.91. The highest BCUT2D eigenvalue weighted by Crippen LogP contribution is 2.45. The number of fused-ring (bicyclic) bond motifs is 1. The molecule has 0 bridgehead atoms. The average molecular weight is 435 g/mol. The van der Waals surface area contributed by atoms with Gasteiger partial charge in [-0.2, -0.15) is 0 Å². The Kier molecular flexibility index (Phi) is 5.12. The molecule has 0 aliphatic carbocycles. The Morgan fingerprint density at radius 2 is 1.77 bits per heavy atom. The van der Waals surface area contributed by atoms with Crippen molar-refractivity contribution in [3.63, 3.8) is 0 Å². The van der Waals surface area contributed by atoms with Gasteiger partial charge in [-0.05, 0) is 45.4 Å². The lowest BCUT2D eigenvalue weighted by molar-refractivity contribution is -0.123. The van der Waals surface area contributed by atoms with Gasteiger partial charge in [-0.3, -0.25) is 4.79 Å². The number of nitrogens with zero attached hydrogens (tertiary/aromatic N) is 1. The zero-order chi connectivity index (χ0) is 19.1. The van der Waals surface area contributed by atoms with Crippen LogP contribution in [-0.2, 0) is 27.9 Å². The maximum Gasteiger partial charge on any atom is 0.252 e. The minimum atomic E-state index is -1.38. The van der Waals surface area contributed by atoms with Gasteiger partial charge in [0.25, 0.3) is 5.91 Å². The lowest BCUT2D eigenvalue weighted by atomic mass is 9.95. The Morgan fingerprint density at radius 3 is 2.38 bits per heavy atom. The summed E-state index contributed by atoms with van der Waals surface area (Å²) in [6, 6.07) is 15.7. The molecule has 0 saturated heterocycles. The van der Waals surface area contributed by atoms with Crippen molar-refractivity contribution in [1.29, 1.82) is 0 Å². The molecule has 0 unspecified atom stereocenters. The van der Waals surface area contributed by atoms with Crippen LogP contribution in [0.4, 0.5) is 5.69 Å². The van der Waals surface area contributed by atoms with Crippen molar-refractivity contribution < 1.29 is 9.00 Å². The van der Waals surface area contributed by atoms with Crippen LogP contribution in [0.1, 0.15) is 38.8 Å². The Labute approximate surface area is 165 Å². The molecule has 0 aromatic heterocycles. The second-order valence-corrected chi connectivity index (χ2v) is 10.4. The topological polar surface area (TPSA) is 49.4 Å². The third-order valence-corrected chi connectivity index (χ3v) is 6.86.